The first-order valence-corrected chi connectivity index (χ1v) is 7.25. The van der Waals surface area contributed by atoms with Crippen molar-refractivity contribution >= 4 is 28.9 Å². The summed E-state index contributed by atoms with van der Waals surface area (Å²) in [5.41, 5.74) is 3.16. The van der Waals surface area contributed by atoms with Crippen molar-refractivity contribution in [3.05, 3.63) is 45.7 Å². The lowest BCUT2D eigenvalue weighted by Gasteiger charge is -2.18. The van der Waals surface area contributed by atoms with Gasteiger partial charge in [0.2, 0.25) is 0 Å². The topological polar surface area (TPSA) is 29.9 Å². The van der Waals surface area contributed by atoms with Gasteiger partial charge in [-0.05, 0) is 18.2 Å². The zero-order valence-corrected chi connectivity index (χ0v) is 13.7. The van der Waals surface area contributed by atoms with Gasteiger partial charge in [0.15, 0.2) is 0 Å². The number of anilines is 1. The Morgan fingerprint density at radius 3 is 2.55 bits per heavy atom. The first-order chi connectivity index (χ1) is 9.27. The summed E-state index contributed by atoms with van der Waals surface area (Å²) >= 11 is 12.1. The Labute approximate surface area is 129 Å². The van der Waals surface area contributed by atoms with Gasteiger partial charge in [-0.2, -0.15) is 5.10 Å². The highest BCUT2D eigenvalue weighted by molar-refractivity contribution is 6.36. The molecule has 0 saturated heterocycles. The van der Waals surface area contributed by atoms with Gasteiger partial charge >= 0.3 is 0 Å². The minimum Gasteiger partial charge on any atom is -0.380 e. The van der Waals surface area contributed by atoms with E-state index in [-0.39, 0.29) is 5.41 Å². The molecule has 2 rings (SSSR count). The Morgan fingerprint density at radius 1 is 1.25 bits per heavy atom. The maximum absolute atomic E-state index is 6.16. The minimum absolute atomic E-state index is 0.0159. The predicted molar refractivity (Wildman–Crippen MR) is 85.7 cm³/mol. The summed E-state index contributed by atoms with van der Waals surface area (Å²) in [7, 11) is 1.94. The molecule has 0 spiro atoms. The molecule has 20 heavy (non-hydrogen) atoms. The van der Waals surface area contributed by atoms with E-state index in [9.17, 15) is 0 Å². The summed E-state index contributed by atoms with van der Waals surface area (Å²) in [6.07, 6.45) is 2.04. The third kappa shape index (κ3) is 3.47. The number of nitrogens with zero attached hydrogens (tertiary/aromatic N) is 2. The van der Waals surface area contributed by atoms with Crippen LogP contribution in [0.15, 0.2) is 24.4 Å². The molecule has 3 nitrogen and oxygen atoms in total. The zero-order chi connectivity index (χ0) is 14.9. The molecular formula is C15H19Cl2N3. The van der Waals surface area contributed by atoms with Crippen LogP contribution in [-0.4, -0.2) is 9.78 Å². The Kier molecular flexibility index (Phi) is 4.31. The first-order valence-electron chi connectivity index (χ1n) is 6.49. The molecule has 0 unspecified atom stereocenters. The van der Waals surface area contributed by atoms with Crippen molar-refractivity contribution in [2.45, 2.75) is 32.7 Å². The van der Waals surface area contributed by atoms with Crippen LogP contribution in [0, 0.1) is 0 Å². The summed E-state index contributed by atoms with van der Waals surface area (Å²) in [5, 5.41) is 9.15. The standard InChI is InChI=1S/C15H19Cl2N3/c1-15(2,3)14-10(9-20(4)19-14)8-18-13-6-5-11(16)7-12(13)17/h5-7,9,18H,8H2,1-4H3. The molecule has 5 heteroatoms. The monoisotopic (exact) mass is 311 g/mol. The van der Waals surface area contributed by atoms with Crippen molar-refractivity contribution in [1.82, 2.24) is 9.78 Å². The molecule has 0 amide bonds. The molecular weight excluding hydrogens is 293 g/mol. The molecule has 108 valence electrons. The molecule has 0 aliphatic rings. The number of aromatic nitrogens is 2. The van der Waals surface area contributed by atoms with Crippen LogP contribution in [0.1, 0.15) is 32.0 Å². The lowest BCUT2D eigenvalue weighted by atomic mass is 9.89. The molecule has 0 bridgehead atoms. The van der Waals surface area contributed by atoms with Crippen LogP contribution in [-0.2, 0) is 19.0 Å². The molecule has 1 heterocycles. The van der Waals surface area contributed by atoms with Crippen LogP contribution < -0.4 is 5.32 Å². The van der Waals surface area contributed by atoms with Gasteiger partial charge in [-0.25, -0.2) is 0 Å². The molecule has 1 aromatic heterocycles. The number of benzene rings is 1. The Morgan fingerprint density at radius 2 is 1.95 bits per heavy atom. The second kappa shape index (κ2) is 5.66. The van der Waals surface area contributed by atoms with Crippen LogP contribution in [0.4, 0.5) is 5.69 Å². The summed E-state index contributed by atoms with van der Waals surface area (Å²) in [6.45, 7) is 7.16. The highest BCUT2D eigenvalue weighted by Gasteiger charge is 2.21. The van der Waals surface area contributed by atoms with E-state index in [1.165, 1.54) is 5.56 Å². The van der Waals surface area contributed by atoms with Crippen molar-refractivity contribution in [2.24, 2.45) is 7.05 Å². The van der Waals surface area contributed by atoms with Crippen molar-refractivity contribution in [3.8, 4) is 0 Å². The molecule has 0 fully saturated rings. The maximum Gasteiger partial charge on any atom is 0.0727 e. The normalized spacial score (nSPS) is 11.7. The van der Waals surface area contributed by atoms with Gasteiger partial charge in [0.1, 0.15) is 0 Å². The number of nitrogens with one attached hydrogen (secondary N) is 1. The van der Waals surface area contributed by atoms with E-state index in [0.29, 0.717) is 16.6 Å². The fourth-order valence-corrected chi connectivity index (χ4v) is 2.60. The molecule has 0 aliphatic heterocycles. The lowest BCUT2D eigenvalue weighted by Crippen LogP contribution is -2.16. The fourth-order valence-electron chi connectivity index (χ4n) is 2.12. The van der Waals surface area contributed by atoms with E-state index in [4.69, 9.17) is 23.2 Å². The third-order valence-electron chi connectivity index (χ3n) is 3.02. The van der Waals surface area contributed by atoms with Gasteiger partial charge in [0.25, 0.3) is 0 Å². The maximum atomic E-state index is 6.16. The highest BCUT2D eigenvalue weighted by Crippen LogP contribution is 2.28. The minimum atomic E-state index is 0.0159. The van der Waals surface area contributed by atoms with Gasteiger partial charge in [-0.15, -0.1) is 0 Å². The van der Waals surface area contributed by atoms with Crippen molar-refractivity contribution in [1.29, 1.82) is 0 Å². The number of halogens is 2. The van der Waals surface area contributed by atoms with Gasteiger partial charge in [0, 0.05) is 35.8 Å². The Hall–Kier alpha value is -1.19. The summed E-state index contributed by atoms with van der Waals surface area (Å²) in [6, 6.07) is 5.45. The van der Waals surface area contributed by atoms with Gasteiger partial charge in [-0.3, -0.25) is 4.68 Å². The molecule has 0 saturated carbocycles. The van der Waals surface area contributed by atoms with Crippen LogP contribution in [0.3, 0.4) is 0 Å². The summed E-state index contributed by atoms with van der Waals surface area (Å²) in [4.78, 5) is 0. The Balaban J connectivity index is 2.19. The molecule has 1 aromatic carbocycles. The van der Waals surface area contributed by atoms with Crippen LogP contribution in [0.2, 0.25) is 10.0 Å². The highest BCUT2D eigenvalue weighted by atomic mass is 35.5. The smallest absolute Gasteiger partial charge is 0.0727 e. The van der Waals surface area contributed by atoms with Crippen LogP contribution >= 0.6 is 23.2 Å². The number of rotatable bonds is 3. The van der Waals surface area contributed by atoms with Gasteiger partial charge in [0.05, 0.1) is 16.4 Å². The third-order valence-corrected chi connectivity index (χ3v) is 3.56. The van der Waals surface area contributed by atoms with Crippen molar-refractivity contribution < 1.29 is 0 Å². The number of hydrogen-bond donors (Lipinski definition) is 1. The van der Waals surface area contributed by atoms with E-state index in [1.54, 1.807) is 6.07 Å². The zero-order valence-electron chi connectivity index (χ0n) is 12.2. The van der Waals surface area contributed by atoms with Crippen molar-refractivity contribution in [2.75, 3.05) is 5.32 Å². The fraction of sp³-hybridized carbons (Fsp3) is 0.400. The lowest BCUT2D eigenvalue weighted by molar-refractivity contribution is 0.549. The summed E-state index contributed by atoms with van der Waals surface area (Å²) < 4.78 is 1.85. The van der Waals surface area contributed by atoms with Gasteiger partial charge in [-0.1, -0.05) is 44.0 Å². The second-order valence-electron chi connectivity index (χ2n) is 5.90. The van der Waals surface area contributed by atoms with E-state index >= 15 is 0 Å². The SMILES string of the molecule is Cn1cc(CNc2ccc(Cl)cc2Cl)c(C(C)(C)C)n1. The van der Waals surface area contributed by atoms with E-state index < -0.39 is 0 Å². The van der Waals surface area contributed by atoms with Crippen LogP contribution in [0.25, 0.3) is 0 Å². The van der Waals surface area contributed by atoms with Crippen LogP contribution in [0.5, 0.6) is 0 Å². The van der Waals surface area contributed by atoms with E-state index in [1.807, 2.05) is 30.1 Å². The van der Waals surface area contributed by atoms with Crippen molar-refractivity contribution in [3.63, 3.8) is 0 Å². The van der Waals surface area contributed by atoms with Gasteiger partial charge < -0.3 is 5.32 Å². The largest absolute Gasteiger partial charge is 0.380 e. The Bertz CT molecular complexity index is 612. The predicted octanol–water partition coefficient (Wildman–Crippen LogP) is 4.64. The quantitative estimate of drug-likeness (QED) is 0.895. The number of aryl methyl sites for hydroxylation is 1. The van der Waals surface area contributed by atoms with E-state index in [2.05, 4.69) is 31.2 Å². The summed E-state index contributed by atoms with van der Waals surface area (Å²) in [5.74, 6) is 0. The average Bonchev–Trinajstić information content (AvgIpc) is 2.69. The number of hydrogen-bond acceptors (Lipinski definition) is 2. The molecule has 0 aliphatic carbocycles. The molecule has 2 aromatic rings. The van der Waals surface area contributed by atoms with E-state index in [0.717, 1.165) is 11.4 Å². The molecule has 0 atom stereocenters. The molecule has 1 N–H and O–H groups in total. The second-order valence-corrected chi connectivity index (χ2v) is 6.75. The average molecular weight is 312 g/mol. The molecule has 0 radical (unpaired) electrons. The first kappa shape index (κ1) is 15.2.